The zero-order chi connectivity index (χ0) is 9.11. The maximum absolute atomic E-state index is 9.77. The van der Waals surface area contributed by atoms with Crippen LogP contribution in [0.15, 0.2) is 0 Å². The summed E-state index contributed by atoms with van der Waals surface area (Å²) in [4.78, 5) is 9.77. The van der Waals surface area contributed by atoms with Crippen LogP contribution in [-0.2, 0) is 21.3 Å². The maximum atomic E-state index is 9.77. The van der Waals surface area contributed by atoms with E-state index in [1.807, 2.05) is 0 Å². The minimum atomic E-state index is -0.849. The second kappa shape index (κ2) is 13.3. The molecule has 0 radical (unpaired) electrons. The molecule has 0 aromatic carbocycles. The van der Waals surface area contributed by atoms with Gasteiger partial charge in [0.25, 0.3) is 0 Å². The minimum absolute atomic E-state index is 0.00278. The van der Waals surface area contributed by atoms with Gasteiger partial charge in [-0.2, -0.15) is 0 Å². The molecule has 0 spiro atoms. The molecule has 11 heavy (non-hydrogen) atoms. The van der Waals surface area contributed by atoms with Gasteiger partial charge >= 0.3 is 41.3 Å². The predicted molar refractivity (Wildman–Crippen MR) is 41.3 cm³/mol. The van der Waals surface area contributed by atoms with Crippen LogP contribution in [0.3, 0.4) is 0 Å². The zero-order valence-corrected chi connectivity index (χ0v) is 9.41. The average Bonchev–Trinajstić information content (AvgIpc) is 1.89. The van der Waals surface area contributed by atoms with Crippen molar-refractivity contribution >= 4 is 24.8 Å². The normalized spacial score (nSPS) is 8.64. The van der Waals surface area contributed by atoms with Crippen molar-refractivity contribution in [3.63, 3.8) is 0 Å². The quantitative estimate of drug-likeness (QED) is 0.597. The van der Waals surface area contributed by atoms with E-state index in [4.69, 9.17) is 29.7 Å². The van der Waals surface area contributed by atoms with Gasteiger partial charge in [-0.1, -0.05) is 0 Å². The van der Waals surface area contributed by atoms with Crippen molar-refractivity contribution in [2.24, 2.45) is 5.73 Å². The Morgan fingerprint density at radius 3 is 2.36 bits per heavy atom. The molecule has 0 saturated carbocycles. The molecule has 0 amide bonds. The van der Waals surface area contributed by atoms with Crippen LogP contribution in [0.2, 0.25) is 0 Å². The van der Waals surface area contributed by atoms with Crippen molar-refractivity contribution in [2.75, 3.05) is 19.6 Å². The van der Waals surface area contributed by atoms with Gasteiger partial charge in [0.1, 0.15) is 0 Å². The standard InChI is InChI=1S/C4H10N2O2.2ClH.Pt/c5-1-2-6-3-4(7)8;;;/h6H,1-3,5H2,(H,7,8);2*1H;/q;;;+2/p-2. The summed E-state index contributed by atoms with van der Waals surface area (Å²) < 4.78 is 0. The van der Waals surface area contributed by atoms with Gasteiger partial charge in [-0.25, -0.2) is 0 Å². The number of carboxylic acids is 1. The molecule has 4 nitrogen and oxygen atoms in total. The third kappa shape index (κ3) is 25.0. The fraction of sp³-hybridized carbons (Fsp3) is 0.750. The molecular weight excluding hydrogens is 374 g/mol. The summed E-state index contributed by atoms with van der Waals surface area (Å²) in [6.07, 6.45) is 0. The first kappa shape index (κ1) is 14.2. The molecule has 0 aliphatic heterocycles. The average molecular weight is 384 g/mol. The number of nitrogens with two attached hydrogens (primary N) is 1. The van der Waals surface area contributed by atoms with E-state index in [0.29, 0.717) is 13.1 Å². The van der Waals surface area contributed by atoms with Gasteiger partial charge in [-0.05, 0) is 0 Å². The fourth-order valence-electron chi connectivity index (χ4n) is 0.297. The SMILES string of the molecule is NCCNCC(=O)O.[Cl][Pt][Cl]. The van der Waals surface area contributed by atoms with Crippen molar-refractivity contribution < 1.29 is 26.4 Å². The number of nitrogens with one attached hydrogen (secondary N) is 1. The molecule has 0 atom stereocenters. The molecule has 72 valence electrons. The van der Waals surface area contributed by atoms with Crippen LogP contribution < -0.4 is 11.1 Å². The summed E-state index contributed by atoms with van der Waals surface area (Å²) in [6.45, 7) is 1.04. The van der Waals surface area contributed by atoms with E-state index < -0.39 is 22.5 Å². The van der Waals surface area contributed by atoms with E-state index in [1.54, 1.807) is 0 Å². The molecule has 0 heterocycles. The van der Waals surface area contributed by atoms with Crippen LogP contribution in [0.4, 0.5) is 0 Å². The summed E-state index contributed by atoms with van der Waals surface area (Å²) in [5.41, 5.74) is 5.06. The summed E-state index contributed by atoms with van der Waals surface area (Å²) in [5.74, 6) is -0.849. The van der Waals surface area contributed by atoms with Gasteiger partial charge < -0.3 is 16.2 Å². The van der Waals surface area contributed by atoms with Gasteiger partial charge in [0.2, 0.25) is 0 Å². The molecule has 0 aromatic heterocycles. The Morgan fingerprint density at radius 2 is 2.09 bits per heavy atom. The summed E-state index contributed by atoms with van der Waals surface area (Å²) in [5, 5.41) is 10.6. The third-order valence-electron chi connectivity index (χ3n) is 0.597. The molecule has 4 N–H and O–H groups in total. The zero-order valence-electron chi connectivity index (χ0n) is 5.63. The van der Waals surface area contributed by atoms with Crippen LogP contribution in [0.25, 0.3) is 0 Å². The van der Waals surface area contributed by atoms with Crippen molar-refractivity contribution in [1.29, 1.82) is 0 Å². The van der Waals surface area contributed by atoms with E-state index in [0.717, 1.165) is 0 Å². The molecular formula is C4H10Cl2N2O2Pt. The fourth-order valence-corrected chi connectivity index (χ4v) is 0.297. The first-order chi connectivity index (χ1) is 5.18. The Bertz CT molecular complexity index is 96.2. The molecule has 7 heteroatoms. The topological polar surface area (TPSA) is 75.3 Å². The molecule has 0 aromatic rings. The number of hydrogen-bond donors (Lipinski definition) is 3. The molecule has 0 aliphatic carbocycles. The first-order valence-electron chi connectivity index (χ1n) is 2.64. The number of aliphatic carboxylic acids is 1. The van der Waals surface area contributed by atoms with Crippen LogP contribution >= 0.6 is 18.8 Å². The number of carbonyl (C=O) groups is 1. The number of carboxylic acid groups (broad SMARTS) is 1. The van der Waals surface area contributed by atoms with Gasteiger partial charge in [0.15, 0.2) is 0 Å². The molecule has 0 bridgehead atoms. The van der Waals surface area contributed by atoms with Crippen molar-refractivity contribution in [1.82, 2.24) is 5.32 Å². The Kier molecular flexibility index (Phi) is 17.1. The van der Waals surface area contributed by atoms with Crippen LogP contribution in [0.1, 0.15) is 0 Å². The Balaban J connectivity index is 0. The second-order valence-electron chi connectivity index (χ2n) is 1.40. The third-order valence-corrected chi connectivity index (χ3v) is 0.597. The number of hydrogen-bond acceptors (Lipinski definition) is 3. The van der Waals surface area contributed by atoms with Gasteiger partial charge in [0.05, 0.1) is 6.54 Å². The van der Waals surface area contributed by atoms with E-state index in [2.05, 4.69) is 5.32 Å². The van der Waals surface area contributed by atoms with Crippen LogP contribution in [0.5, 0.6) is 0 Å². The van der Waals surface area contributed by atoms with E-state index in [1.165, 1.54) is 0 Å². The second-order valence-corrected chi connectivity index (χ2v) is 4.69. The predicted octanol–water partition coefficient (Wildman–Crippen LogP) is -0.00420. The molecule has 0 unspecified atom stereocenters. The number of halogens is 2. The monoisotopic (exact) mass is 383 g/mol. The molecule has 0 aliphatic rings. The van der Waals surface area contributed by atoms with Gasteiger partial charge in [-0.3, -0.25) is 4.79 Å². The van der Waals surface area contributed by atoms with Crippen LogP contribution in [0, 0.1) is 0 Å². The molecule has 0 fully saturated rings. The molecule has 0 saturated heterocycles. The van der Waals surface area contributed by atoms with E-state index >= 15 is 0 Å². The van der Waals surface area contributed by atoms with E-state index in [-0.39, 0.29) is 6.54 Å². The van der Waals surface area contributed by atoms with Crippen LogP contribution in [-0.4, -0.2) is 30.7 Å². The van der Waals surface area contributed by atoms with Crippen molar-refractivity contribution in [3.8, 4) is 0 Å². The summed E-state index contributed by atoms with van der Waals surface area (Å²) in [6, 6.07) is 0. The van der Waals surface area contributed by atoms with Crippen molar-refractivity contribution in [3.05, 3.63) is 0 Å². The summed E-state index contributed by atoms with van der Waals surface area (Å²) in [7, 11) is 9.75. The Morgan fingerprint density at radius 1 is 1.64 bits per heavy atom. The first-order valence-corrected chi connectivity index (χ1v) is 8.27. The number of rotatable bonds is 4. The Hall–Kier alpha value is 0.658. The molecule has 0 rings (SSSR count). The van der Waals surface area contributed by atoms with E-state index in [9.17, 15) is 4.79 Å². The van der Waals surface area contributed by atoms with Gasteiger partial charge in [-0.15, -0.1) is 0 Å². The van der Waals surface area contributed by atoms with Crippen molar-refractivity contribution in [2.45, 2.75) is 0 Å². The van der Waals surface area contributed by atoms with Gasteiger partial charge in [0, 0.05) is 13.1 Å². The summed E-state index contributed by atoms with van der Waals surface area (Å²) >= 11 is -0.472. The Labute approximate surface area is 81.8 Å².